The molecular formula is C36H71O9P. The molecule has 0 aliphatic carbocycles. The molecule has 3 atom stereocenters. The van der Waals surface area contributed by atoms with Crippen LogP contribution in [-0.4, -0.2) is 66.3 Å². The van der Waals surface area contributed by atoms with Crippen LogP contribution < -0.4 is 0 Å². The zero-order chi connectivity index (χ0) is 34.0. The van der Waals surface area contributed by atoms with Gasteiger partial charge in [0.2, 0.25) is 0 Å². The van der Waals surface area contributed by atoms with Gasteiger partial charge in [0.05, 0.1) is 26.4 Å². The van der Waals surface area contributed by atoms with E-state index in [2.05, 4.69) is 26.0 Å². The molecule has 0 fully saturated rings. The summed E-state index contributed by atoms with van der Waals surface area (Å²) >= 11 is 0. The second-order valence-corrected chi connectivity index (χ2v) is 14.1. The van der Waals surface area contributed by atoms with Crippen LogP contribution in [0.1, 0.15) is 168 Å². The fraction of sp³-hybridized carbons (Fsp3) is 0.917. The maximum atomic E-state index is 12.5. The number of aliphatic hydroxyl groups excluding tert-OH is 2. The Morgan fingerprint density at radius 2 is 1.13 bits per heavy atom. The van der Waals surface area contributed by atoms with Gasteiger partial charge >= 0.3 is 13.8 Å². The lowest BCUT2D eigenvalue weighted by molar-refractivity contribution is -0.154. The number of rotatable bonds is 36. The zero-order valence-electron chi connectivity index (χ0n) is 29.6. The highest BCUT2D eigenvalue weighted by molar-refractivity contribution is 7.47. The molecule has 3 N–H and O–H groups in total. The van der Waals surface area contributed by atoms with Gasteiger partial charge in [0.1, 0.15) is 12.2 Å². The average molecular weight is 679 g/mol. The van der Waals surface area contributed by atoms with E-state index in [0.29, 0.717) is 6.61 Å². The van der Waals surface area contributed by atoms with Crippen LogP contribution >= 0.6 is 7.82 Å². The number of allylic oxidation sites excluding steroid dienone is 2. The minimum absolute atomic E-state index is 0.0496. The van der Waals surface area contributed by atoms with E-state index in [1.807, 2.05) is 0 Å². The molecule has 10 heteroatoms. The van der Waals surface area contributed by atoms with Crippen molar-refractivity contribution < 1.29 is 43.0 Å². The first-order valence-electron chi connectivity index (χ1n) is 18.7. The van der Waals surface area contributed by atoms with Crippen molar-refractivity contribution >= 4 is 13.8 Å². The highest BCUT2D eigenvalue weighted by Gasteiger charge is 2.26. The van der Waals surface area contributed by atoms with Gasteiger partial charge in [0.15, 0.2) is 0 Å². The van der Waals surface area contributed by atoms with E-state index in [1.54, 1.807) is 0 Å². The summed E-state index contributed by atoms with van der Waals surface area (Å²) in [5, 5.41) is 18.3. The molecule has 0 aliphatic rings. The fourth-order valence-electron chi connectivity index (χ4n) is 5.04. The normalized spacial score (nSPS) is 14.5. The van der Waals surface area contributed by atoms with Gasteiger partial charge in [-0.05, 0) is 32.1 Å². The van der Waals surface area contributed by atoms with Crippen molar-refractivity contribution in [1.29, 1.82) is 0 Å². The molecule has 0 amide bonds. The second-order valence-electron chi connectivity index (χ2n) is 12.6. The van der Waals surface area contributed by atoms with Crippen LogP contribution in [0.25, 0.3) is 0 Å². The molecule has 0 spiro atoms. The Morgan fingerprint density at radius 1 is 0.652 bits per heavy atom. The summed E-state index contributed by atoms with van der Waals surface area (Å²) in [6.45, 7) is 3.47. The zero-order valence-corrected chi connectivity index (χ0v) is 30.4. The molecule has 0 bridgehead atoms. The van der Waals surface area contributed by atoms with E-state index in [4.69, 9.17) is 23.6 Å². The number of esters is 1. The number of carbonyl (C=O) groups is 1. The van der Waals surface area contributed by atoms with Gasteiger partial charge in [-0.2, -0.15) is 0 Å². The Morgan fingerprint density at radius 3 is 1.70 bits per heavy atom. The topological polar surface area (TPSA) is 132 Å². The van der Waals surface area contributed by atoms with Gasteiger partial charge < -0.3 is 24.6 Å². The molecule has 0 aromatic carbocycles. The van der Waals surface area contributed by atoms with Gasteiger partial charge in [-0.1, -0.05) is 142 Å². The van der Waals surface area contributed by atoms with E-state index in [0.717, 1.165) is 44.9 Å². The molecule has 3 unspecified atom stereocenters. The number of phosphoric acid groups is 1. The van der Waals surface area contributed by atoms with E-state index in [1.165, 1.54) is 103 Å². The van der Waals surface area contributed by atoms with Gasteiger partial charge in [0.25, 0.3) is 0 Å². The summed E-state index contributed by atoms with van der Waals surface area (Å²) < 4.78 is 33.2. The SMILES string of the molecule is CCCC/C=C\CCCCCCCCOCC(COP(=O)(O)OCC(O)CO)OC(=O)CCCCCCCCCCCCCCC. The summed E-state index contributed by atoms with van der Waals surface area (Å²) in [4.78, 5) is 22.4. The van der Waals surface area contributed by atoms with Crippen LogP contribution in [0.5, 0.6) is 0 Å². The van der Waals surface area contributed by atoms with Crippen molar-refractivity contribution in [2.75, 3.05) is 33.0 Å². The van der Waals surface area contributed by atoms with Crippen LogP contribution in [0.2, 0.25) is 0 Å². The van der Waals surface area contributed by atoms with Crippen LogP contribution in [0.15, 0.2) is 12.2 Å². The maximum Gasteiger partial charge on any atom is 0.472 e. The second kappa shape index (κ2) is 34.1. The first kappa shape index (κ1) is 45.2. The smallest absolute Gasteiger partial charge is 0.457 e. The predicted octanol–water partition coefficient (Wildman–Crippen LogP) is 9.36. The Bertz CT molecular complexity index is 734. The first-order valence-corrected chi connectivity index (χ1v) is 20.2. The monoisotopic (exact) mass is 678 g/mol. The van der Waals surface area contributed by atoms with Crippen LogP contribution in [0, 0.1) is 0 Å². The molecule has 0 aromatic heterocycles. The predicted molar refractivity (Wildman–Crippen MR) is 187 cm³/mol. The van der Waals surface area contributed by atoms with E-state index >= 15 is 0 Å². The minimum Gasteiger partial charge on any atom is -0.457 e. The number of hydrogen-bond donors (Lipinski definition) is 3. The largest absolute Gasteiger partial charge is 0.472 e. The lowest BCUT2D eigenvalue weighted by atomic mass is 10.0. The van der Waals surface area contributed by atoms with E-state index in [9.17, 15) is 19.4 Å². The average Bonchev–Trinajstić information content (AvgIpc) is 3.04. The van der Waals surface area contributed by atoms with Gasteiger partial charge in [-0.25, -0.2) is 4.57 Å². The summed E-state index contributed by atoms with van der Waals surface area (Å²) in [7, 11) is -4.50. The van der Waals surface area contributed by atoms with Crippen LogP contribution in [-0.2, 0) is 27.9 Å². The third kappa shape index (κ3) is 33.1. The number of carbonyl (C=O) groups excluding carboxylic acids is 1. The maximum absolute atomic E-state index is 12.5. The van der Waals surface area contributed by atoms with E-state index in [-0.39, 0.29) is 25.6 Å². The fourth-order valence-corrected chi connectivity index (χ4v) is 5.83. The van der Waals surface area contributed by atoms with Crippen molar-refractivity contribution in [2.45, 2.75) is 180 Å². The van der Waals surface area contributed by atoms with Crippen LogP contribution in [0.3, 0.4) is 0 Å². The highest BCUT2D eigenvalue weighted by Crippen LogP contribution is 2.43. The molecule has 0 heterocycles. The van der Waals surface area contributed by atoms with Crippen molar-refractivity contribution in [3.8, 4) is 0 Å². The number of phosphoric ester groups is 1. The van der Waals surface area contributed by atoms with Gasteiger partial charge in [-0.15, -0.1) is 0 Å². The number of aliphatic hydroxyl groups is 2. The Kier molecular flexibility index (Phi) is 33.5. The molecule has 46 heavy (non-hydrogen) atoms. The number of hydrogen-bond acceptors (Lipinski definition) is 8. The molecule has 274 valence electrons. The lowest BCUT2D eigenvalue weighted by Crippen LogP contribution is -2.29. The highest BCUT2D eigenvalue weighted by atomic mass is 31.2. The molecule has 0 aromatic rings. The van der Waals surface area contributed by atoms with Crippen molar-refractivity contribution in [3.63, 3.8) is 0 Å². The molecule has 0 rings (SSSR count). The lowest BCUT2D eigenvalue weighted by Gasteiger charge is -2.20. The molecule has 0 radical (unpaired) electrons. The summed E-state index contributed by atoms with van der Waals surface area (Å²) in [6, 6.07) is 0. The molecule has 0 aliphatic heterocycles. The number of unbranched alkanes of at least 4 members (excludes halogenated alkanes) is 20. The quantitative estimate of drug-likeness (QED) is 0.0257. The van der Waals surface area contributed by atoms with Crippen molar-refractivity contribution in [2.24, 2.45) is 0 Å². The minimum atomic E-state index is -4.50. The Balaban J connectivity index is 4.23. The summed E-state index contributed by atoms with van der Waals surface area (Å²) in [6.07, 6.45) is 30.2. The van der Waals surface area contributed by atoms with Crippen molar-refractivity contribution in [3.05, 3.63) is 12.2 Å². The number of ether oxygens (including phenoxy) is 2. The van der Waals surface area contributed by atoms with Gasteiger partial charge in [-0.3, -0.25) is 13.8 Å². The Hall–Kier alpha value is -0.800. The third-order valence-electron chi connectivity index (χ3n) is 7.95. The summed E-state index contributed by atoms with van der Waals surface area (Å²) in [5.41, 5.74) is 0. The van der Waals surface area contributed by atoms with E-state index < -0.39 is 33.2 Å². The first-order chi connectivity index (χ1) is 22.3. The summed E-state index contributed by atoms with van der Waals surface area (Å²) in [5.74, 6) is -0.384. The van der Waals surface area contributed by atoms with Crippen molar-refractivity contribution in [1.82, 2.24) is 0 Å². The molecule has 0 saturated heterocycles. The Labute approximate surface area is 281 Å². The third-order valence-corrected chi connectivity index (χ3v) is 8.90. The molecular weight excluding hydrogens is 607 g/mol. The molecule has 9 nitrogen and oxygen atoms in total. The molecule has 0 saturated carbocycles. The van der Waals surface area contributed by atoms with Crippen LogP contribution in [0.4, 0.5) is 0 Å². The van der Waals surface area contributed by atoms with Gasteiger partial charge in [0, 0.05) is 13.0 Å². The standard InChI is InChI=1S/C36H71O9P/c1-3-5-7-9-11-13-15-17-18-20-22-24-26-28-36(39)45-35(33-44-46(40,41)43-31-34(38)30-37)32-42-29-27-25-23-21-19-16-14-12-10-8-6-4-2/h10,12,34-35,37-38H,3-9,11,13-33H2,1-2H3,(H,40,41)/b12-10-.